The fourth-order valence-electron chi connectivity index (χ4n) is 6.07. The highest BCUT2D eigenvalue weighted by Crippen LogP contribution is 2.65. The number of rotatable bonds is 5. The number of amides is 2. The summed E-state index contributed by atoms with van der Waals surface area (Å²) in [7, 11) is 0. The zero-order valence-electron chi connectivity index (χ0n) is 18.1. The second-order valence-electron chi connectivity index (χ2n) is 9.55. The van der Waals surface area contributed by atoms with Gasteiger partial charge in [-0.3, -0.25) is 14.4 Å². The summed E-state index contributed by atoms with van der Waals surface area (Å²) in [6.07, 6.45) is 5.32. The van der Waals surface area contributed by atoms with E-state index in [9.17, 15) is 19.2 Å². The second-order valence-corrected chi connectivity index (χ2v) is 9.55. The van der Waals surface area contributed by atoms with Crippen LogP contribution in [-0.4, -0.2) is 30.2 Å². The minimum absolute atomic E-state index is 0.109. The number of carbonyl (C=O) groups excluding carboxylic acids is 4. The zero-order chi connectivity index (χ0) is 22.9. The molecule has 33 heavy (non-hydrogen) atoms. The highest BCUT2D eigenvalue weighted by molar-refractivity contribution is 6.24. The smallest absolute Gasteiger partial charge is 0.340 e. The summed E-state index contributed by atoms with van der Waals surface area (Å²) in [5, 5.41) is 0. The summed E-state index contributed by atoms with van der Waals surface area (Å²) in [6, 6.07) is 13.5. The Morgan fingerprint density at radius 2 is 1.52 bits per heavy atom. The Morgan fingerprint density at radius 3 is 2.15 bits per heavy atom. The minimum atomic E-state index is -0.731. The Kier molecular flexibility index (Phi) is 4.41. The van der Waals surface area contributed by atoms with E-state index in [2.05, 4.69) is 12.2 Å². The molecule has 1 aliphatic heterocycles. The molecule has 2 bridgehead atoms. The van der Waals surface area contributed by atoms with Crippen molar-refractivity contribution in [1.82, 2.24) is 0 Å². The van der Waals surface area contributed by atoms with E-state index >= 15 is 0 Å². The molecule has 1 saturated heterocycles. The molecule has 0 radical (unpaired) electrons. The first kappa shape index (κ1) is 20.1. The molecule has 0 spiro atoms. The molecule has 6 nitrogen and oxygen atoms in total. The lowest BCUT2D eigenvalue weighted by atomic mass is 9.63. The Bertz CT molecular complexity index is 1190. The Hall–Kier alpha value is -3.54. The van der Waals surface area contributed by atoms with Gasteiger partial charge in [-0.05, 0) is 49.1 Å². The molecule has 166 valence electrons. The fourth-order valence-corrected chi connectivity index (χ4v) is 6.07. The second kappa shape index (κ2) is 7.24. The number of ketones is 1. The number of ether oxygens (including phenoxy) is 1. The van der Waals surface area contributed by atoms with Crippen LogP contribution in [0, 0.1) is 42.4 Å². The van der Waals surface area contributed by atoms with Gasteiger partial charge in [0.25, 0.3) is 0 Å². The maximum atomic E-state index is 13.4. The Morgan fingerprint density at radius 1 is 0.909 bits per heavy atom. The number of para-hydroxylation sites is 1. The number of anilines is 1. The van der Waals surface area contributed by atoms with Gasteiger partial charge in [-0.1, -0.05) is 54.1 Å². The molecule has 6 heteroatoms. The normalized spacial score (nSPS) is 30.8. The number of esters is 1. The van der Waals surface area contributed by atoms with Crippen LogP contribution < -0.4 is 4.90 Å². The first-order valence-electron chi connectivity index (χ1n) is 11.4. The van der Waals surface area contributed by atoms with E-state index in [0.29, 0.717) is 17.4 Å². The third-order valence-corrected chi connectivity index (χ3v) is 7.74. The van der Waals surface area contributed by atoms with E-state index in [1.165, 1.54) is 11.0 Å². The molecule has 2 amide bonds. The van der Waals surface area contributed by atoms with Gasteiger partial charge in [0.15, 0.2) is 12.4 Å². The predicted octanol–water partition coefficient (Wildman–Crippen LogP) is 3.59. The number of hydrogen-bond donors (Lipinski definition) is 0. The summed E-state index contributed by atoms with van der Waals surface area (Å²) >= 11 is 0. The summed E-state index contributed by atoms with van der Waals surface area (Å²) in [6.45, 7) is 1.51. The van der Waals surface area contributed by atoms with Crippen LogP contribution in [0.1, 0.15) is 32.7 Å². The van der Waals surface area contributed by atoms with Crippen LogP contribution in [0.5, 0.6) is 0 Å². The predicted molar refractivity (Wildman–Crippen MR) is 119 cm³/mol. The number of benzene rings is 2. The molecule has 0 N–H and O–H groups in total. The maximum Gasteiger partial charge on any atom is 0.340 e. The van der Waals surface area contributed by atoms with Gasteiger partial charge in [-0.2, -0.15) is 0 Å². The number of aryl methyl sites for hydroxylation is 1. The minimum Gasteiger partial charge on any atom is -0.454 e. The number of hydrogen-bond acceptors (Lipinski definition) is 5. The first-order valence-corrected chi connectivity index (χ1v) is 11.4. The molecule has 0 aromatic heterocycles. The molecule has 4 aliphatic carbocycles. The molecule has 3 fully saturated rings. The van der Waals surface area contributed by atoms with Crippen LogP contribution in [0.2, 0.25) is 0 Å². The SMILES string of the molecule is Cc1ccc(C(=O)COC(=O)c2ccccc2N2C(=O)[C@@H]3[C@H]4C=C[C@@H]([C@@H]5C[C@@H]45)[C@@H]3C2=O)cc1. The Labute approximate surface area is 191 Å². The van der Waals surface area contributed by atoms with Crippen LogP contribution in [0.3, 0.4) is 0 Å². The van der Waals surface area contributed by atoms with Crippen molar-refractivity contribution in [3.63, 3.8) is 0 Å². The van der Waals surface area contributed by atoms with E-state index in [1.807, 2.05) is 19.1 Å². The van der Waals surface area contributed by atoms with Gasteiger partial charge in [0.05, 0.1) is 23.1 Å². The van der Waals surface area contributed by atoms with E-state index < -0.39 is 12.6 Å². The van der Waals surface area contributed by atoms with Crippen molar-refractivity contribution in [1.29, 1.82) is 0 Å². The molecular formula is C27H23NO5. The summed E-state index contributed by atoms with van der Waals surface area (Å²) < 4.78 is 5.29. The van der Waals surface area contributed by atoms with Crippen molar-refractivity contribution in [3.8, 4) is 0 Å². The number of allylic oxidation sites excluding steroid dienone is 2. The molecule has 1 heterocycles. The molecule has 2 aromatic carbocycles. The van der Waals surface area contributed by atoms with Crippen LogP contribution in [0.4, 0.5) is 5.69 Å². The Balaban J connectivity index is 1.24. The highest BCUT2D eigenvalue weighted by atomic mass is 16.5. The van der Waals surface area contributed by atoms with Crippen molar-refractivity contribution in [2.24, 2.45) is 35.5 Å². The van der Waals surface area contributed by atoms with Gasteiger partial charge in [-0.25, -0.2) is 9.69 Å². The van der Waals surface area contributed by atoms with Crippen molar-refractivity contribution < 1.29 is 23.9 Å². The standard InChI is InChI=1S/C27H23NO5/c1-14-6-8-15(9-7-14)22(29)13-33-27(32)18-4-2-3-5-21(18)28-25(30)23-16-10-11-17(20-12-19(16)20)24(23)26(28)31/h2-11,16-17,19-20,23-24H,12-13H2,1H3/t16-,17-,19-,20-,23-,24+/m0/s1. The maximum absolute atomic E-state index is 13.4. The molecule has 2 aromatic rings. The lowest BCUT2D eigenvalue weighted by molar-refractivity contribution is -0.124. The van der Waals surface area contributed by atoms with Gasteiger partial charge in [0.1, 0.15) is 0 Å². The number of Topliss-reactive ketones (excluding diaryl/α,β-unsaturated/α-hetero) is 1. The van der Waals surface area contributed by atoms with E-state index in [0.717, 1.165) is 12.0 Å². The van der Waals surface area contributed by atoms with Gasteiger partial charge < -0.3 is 4.74 Å². The summed E-state index contributed by atoms with van der Waals surface area (Å²) in [5.41, 5.74) is 1.83. The largest absolute Gasteiger partial charge is 0.454 e. The van der Waals surface area contributed by atoms with Crippen LogP contribution in [0.15, 0.2) is 60.7 Å². The van der Waals surface area contributed by atoms with E-state index in [1.54, 1.807) is 30.3 Å². The molecular weight excluding hydrogens is 418 g/mol. The molecule has 6 atom stereocenters. The highest BCUT2D eigenvalue weighted by Gasteiger charge is 2.67. The first-order chi connectivity index (χ1) is 16.0. The molecule has 5 aliphatic rings. The third kappa shape index (κ3) is 3.00. The van der Waals surface area contributed by atoms with Crippen LogP contribution in [-0.2, 0) is 14.3 Å². The summed E-state index contributed by atoms with van der Waals surface area (Å²) in [5.74, 6) is -0.969. The fraction of sp³-hybridized carbons (Fsp3) is 0.333. The van der Waals surface area contributed by atoms with Crippen molar-refractivity contribution in [2.45, 2.75) is 13.3 Å². The molecule has 2 saturated carbocycles. The third-order valence-electron chi connectivity index (χ3n) is 7.74. The topological polar surface area (TPSA) is 80.8 Å². The number of imide groups is 1. The van der Waals surface area contributed by atoms with Crippen molar-refractivity contribution in [2.75, 3.05) is 11.5 Å². The van der Waals surface area contributed by atoms with Crippen LogP contribution in [0.25, 0.3) is 0 Å². The van der Waals surface area contributed by atoms with E-state index in [-0.39, 0.29) is 52.5 Å². The summed E-state index contributed by atoms with van der Waals surface area (Å²) in [4.78, 5) is 53.4. The average Bonchev–Trinajstić information content (AvgIpc) is 3.61. The molecule has 0 unspecified atom stereocenters. The van der Waals surface area contributed by atoms with Crippen molar-refractivity contribution >= 4 is 29.3 Å². The molecule has 7 rings (SSSR count). The number of carbonyl (C=O) groups is 4. The monoisotopic (exact) mass is 441 g/mol. The van der Waals surface area contributed by atoms with Crippen molar-refractivity contribution in [3.05, 3.63) is 77.4 Å². The number of nitrogens with zero attached hydrogens (tertiary/aromatic N) is 1. The van der Waals surface area contributed by atoms with Gasteiger partial charge in [0, 0.05) is 5.56 Å². The average molecular weight is 441 g/mol. The zero-order valence-corrected chi connectivity index (χ0v) is 18.1. The van der Waals surface area contributed by atoms with Gasteiger partial charge in [0.2, 0.25) is 11.8 Å². The van der Waals surface area contributed by atoms with Gasteiger partial charge >= 0.3 is 5.97 Å². The lowest BCUT2D eigenvalue weighted by Crippen LogP contribution is -2.40. The van der Waals surface area contributed by atoms with Crippen LogP contribution >= 0.6 is 0 Å². The quantitative estimate of drug-likeness (QED) is 0.307. The van der Waals surface area contributed by atoms with Gasteiger partial charge in [-0.15, -0.1) is 0 Å². The lowest BCUT2D eigenvalue weighted by Gasteiger charge is -2.37. The van der Waals surface area contributed by atoms with E-state index in [4.69, 9.17) is 4.74 Å².